The second kappa shape index (κ2) is 6.99. The molecule has 0 aliphatic rings. The predicted octanol–water partition coefficient (Wildman–Crippen LogP) is 2.14. The van der Waals surface area contributed by atoms with E-state index in [1.807, 2.05) is 0 Å². The number of carbonyl (C=O) groups excluding carboxylic acids is 2. The summed E-state index contributed by atoms with van der Waals surface area (Å²) >= 11 is 5.81. The van der Waals surface area contributed by atoms with Crippen molar-refractivity contribution in [3.05, 3.63) is 29.3 Å². The molecule has 0 bridgehead atoms. The van der Waals surface area contributed by atoms with E-state index in [-0.39, 0.29) is 6.54 Å². The van der Waals surface area contributed by atoms with Gasteiger partial charge >= 0.3 is 12.2 Å². The van der Waals surface area contributed by atoms with Crippen molar-refractivity contribution >= 4 is 29.2 Å². The number of nitrogens with one attached hydrogen (secondary N) is 3. The van der Waals surface area contributed by atoms with Crippen molar-refractivity contribution in [2.45, 2.75) is 6.18 Å². The lowest BCUT2D eigenvalue weighted by Crippen LogP contribution is -2.45. The van der Waals surface area contributed by atoms with Crippen LogP contribution in [0.1, 0.15) is 0 Å². The van der Waals surface area contributed by atoms with E-state index in [1.54, 1.807) is 29.6 Å². The molecule has 0 fully saturated rings. The Morgan fingerprint density at radius 2 is 1.85 bits per heavy atom. The van der Waals surface area contributed by atoms with Crippen molar-refractivity contribution in [3.63, 3.8) is 0 Å². The smallest absolute Gasteiger partial charge is 0.375 e. The Hall–Kier alpha value is -1.96. The lowest BCUT2D eigenvalue weighted by molar-refractivity contribution is -0.124. The molecule has 1 aromatic carbocycles. The van der Waals surface area contributed by atoms with E-state index in [0.29, 0.717) is 10.7 Å². The van der Waals surface area contributed by atoms with E-state index in [4.69, 9.17) is 11.6 Å². The Labute approximate surface area is 117 Å². The van der Waals surface area contributed by atoms with Gasteiger partial charge in [-0.15, -0.1) is 0 Å². The number of rotatable bonds is 4. The summed E-state index contributed by atoms with van der Waals surface area (Å²) in [5.41, 5.74) is 0.472. The first kappa shape index (κ1) is 16.1. The highest BCUT2D eigenvalue weighted by molar-refractivity contribution is 6.33. The van der Waals surface area contributed by atoms with E-state index in [9.17, 15) is 22.8 Å². The summed E-state index contributed by atoms with van der Waals surface area (Å²) in [7, 11) is 0. The molecule has 0 unspecified atom stereocenters. The van der Waals surface area contributed by atoms with Gasteiger partial charge in [0.1, 0.15) is 6.54 Å². The zero-order valence-corrected chi connectivity index (χ0v) is 10.8. The van der Waals surface area contributed by atoms with Gasteiger partial charge in [0, 0.05) is 0 Å². The summed E-state index contributed by atoms with van der Waals surface area (Å²) in [5, 5.41) is 6.28. The Morgan fingerprint density at radius 3 is 2.45 bits per heavy atom. The van der Waals surface area contributed by atoms with Gasteiger partial charge in [0.15, 0.2) is 0 Å². The molecule has 3 N–H and O–H groups in total. The summed E-state index contributed by atoms with van der Waals surface area (Å²) in [4.78, 5) is 22.3. The summed E-state index contributed by atoms with van der Waals surface area (Å²) in [6.45, 7) is -1.81. The minimum absolute atomic E-state index is 0.302. The van der Waals surface area contributed by atoms with Gasteiger partial charge in [-0.3, -0.25) is 10.1 Å². The van der Waals surface area contributed by atoms with E-state index < -0.39 is 24.7 Å². The van der Waals surface area contributed by atoms with Crippen LogP contribution in [0.25, 0.3) is 0 Å². The molecule has 0 atom stereocenters. The average Bonchev–Trinajstić information content (AvgIpc) is 2.35. The summed E-state index contributed by atoms with van der Waals surface area (Å²) in [6, 6.07) is 5.37. The fraction of sp³-hybridized carbons (Fsp3) is 0.273. The second-order valence-electron chi connectivity index (χ2n) is 3.68. The highest BCUT2D eigenvalue weighted by Gasteiger charge is 2.27. The number of benzene rings is 1. The van der Waals surface area contributed by atoms with Crippen LogP contribution < -0.4 is 16.0 Å². The molecule has 0 saturated heterocycles. The molecular formula is C11H11ClF3N3O2. The first-order valence-electron chi connectivity index (χ1n) is 5.41. The van der Waals surface area contributed by atoms with Gasteiger partial charge in [-0.1, -0.05) is 23.7 Å². The molecule has 0 aromatic heterocycles. The predicted molar refractivity (Wildman–Crippen MR) is 67.5 cm³/mol. The van der Waals surface area contributed by atoms with Gasteiger partial charge < -0.3 is 10.6 Å². The van der Waals surface area contributed by atoms with Crippen LogP contribution in [0, 0.1) is 0 Å². The number of amides is 3. The van der Waals surface area contributed by atoms with Crippen LogP contribution in [-0.2, 0) is 4.79 Å². The third-order valence-electron chi connectivity index (χ3n) is 2.02. The van der Waals surface area contributed by atoms with Gasteiger partial charge in [-0.2, -0.15) is 13.2 Å². The van der Waals surface area contributed by atoms with Gasteiger partial charge in [0.05, 0.1) is 17.3 Å². The maximum atomic E-state index is 11.8. The van der Waals surface area contributed by atoms with Crippen molar-refractivity contribution in [3.8, 4) is 0 Å². The molecule has 0 aliphatic heterocycles. The van der Waals surface area contributed by atoms with Crippen LogP contribution in [0.5, 0.6) is 0 Å². The fourth-order valence-corrected chi connectivity index (χ4v) is 1.38. The molecule has 1 rings (SSSR count). The zero-order valence-electron chi connectivity index (χ0n) is 10.1. The Bertz CT molecular complexity index is 494. The maximum Gasteiger partial charge on any atom is 0.405 e. The SMILES string of the molecule is O=C(CNc1ccccc1Cl)NC(=O)NCC(F)(F)F. The Morgan fingerprint density at radius 1 is 1.20 bits per heavy atom. The van der Waals surface area contributed by atoms with Gasteiger partial charge in [0.2, 0.25) is 5.91 Å². The van der Waals surface area contributed by atoms with E-state index >= 15 is 0 Å². The first-order valence-corrected chi connectivity index (χ1v) is 5.78. The molecule has 0 radical (unpaired) electrons. The summed E-state index contributed by atoms with van der Waals surface area (Å²) < 4.78 is 35.4. The van der Waals surface area contributed by atoms with E-state index in [2.05, 4.69) is 5.32 Å². The molecule has 0 saturated carbocycles. The van der Waals surface area contributed by atoms with Crippen molar-refractivity contribution < 1.29 is 22.8 Å². The number of imide groups is 1. The van der Waals surface area contributed by atoms with Crippen molar-refractivity contribution in [1.82, 2.24) is 10.6 Å². The Kier molecular flexibility index (Phi) is 5.63. The maximum absolute atomic E-state index is 11.8. The average molecular weight is 310 g/mol. The number of para-hydroxylation sites is 1. The van der Waals surface area contributed by atoms with Crippen LogP contribution in [0.2, 0.25) is 5.02 Å². The lowest BCUT2D eigenvalue weighted by atomic mass is 10.3. The molecule has 0 aliphatic carbocycles. The van der Waals surface area contributed by atoms with Crippen LogP contribution in [0.4, 0.5) is 23.7 Å². The molecule has 3 amide bonds. The molecular weight excluding hydrogens is 299 g/mol. The van der Waals surface area contributed by atoms with Crippen molar-refractivity contribution in [2.24, 2.45) is 0 Å². The van der Waals surface area contributed by atoms with Crippen molar-refractivity contribution in [2.75, 3.05) is 18.4 Å². The van der Waals surface area contributed by atoms with Gasteiger partial charge in [0.25, 0.3) is 0 Å². The molecule has 20 heavy (non-hydrogen) atoms. The molecule has 9 heteroatoms. The normalized spacial score (nSPS) is 10.8. The minimum atomic E-state index is -4.53. The highest BCUT2D eigenvalue weighted by atomic mass is 35.5. The largest absolute Gasteiger partial charge is 0.405 e. The minimum Gasteiger partial charge on any atom is -0.375 e. The van der Waals surface area contributed by atoms with Crippen LogP contribution >= 0.6 is 11.6 Å². The van der Waals surface area contributed by atoms with E-state index in [1.165, 1.54) is 5.32 Å². The fourth-order valence-electron chi connectivity index (χ4n) is 1.18. The number of hydrogen-bond donors (Lipinski definition) is 3. The Balaban J connectivity index is 2.34. The van der Waals surface area contributed by atoms with Crippen LogP contribution in [-0.4, -0.2) is 31.2 Å². The molecule has 0 spiro atoms. The summed E-state index contributed by atoms with van der Waals surface area (Å²) in [6.07, 6.45) is -4.53. The van der Waals surface area contributed by atoms with Crippen molar-refractivity contribution in [1.29, 1.82) is 0 Å². The van der Waals surface area contributed by atoms with Crippen LogP contribution in [0.3, 0.4) is 0 Å². The zero-order chi connectivity index (χ0) is 15.2. The van der Waals surface area contributed by atoms with E-state index in [0.717, 1.165) is 0 Å². The molecule has 0 heterocycles. The lowest BCUT2D eigenvalue weighted by Gasteiger charge is -2.10. The number of urea groups is 1. The number of alkyl halides is 3. The third-order valence-corrected chi connectivity index (χ3v) is 2.35. The van der Waals surface area contributed by atoms with Crippen LogP contribution in [0.15, 0.2) is 24.3 Å². The number of anilines is 1. The molecule has 1 aromatic rings. The third kappa shape index (κ3) is 6.28. The molecule has 110 valence electrons. The molecule has 5 nitrogen and oxygen atoms in total. The van der Waals surface area contributed by atoms with Gasteiger partial charge in [-0.05, 0) is 12.1 Å². The number of carbonyl (C=O) groups is 2. The second-order valence-corrected chi connectivity index (χ2v) is 4.09. The first-order chi connectivity index (χ1) is 9.28. The standard InChI is InChI=1S/C11H11ClF3N3O2/c12-7-3-1-2-4-8(7)16-5-9(19)18-10(20)17-6-11(13,14)15/h1-4,16H,5-6H2,(H2,17,18,19,20). The monoisotopic (exact) mass is 309 g/mol. The number of hydrogen-bond acceptors (Lipinski definition) is 3. The number of halogens is 4. The highest BCUT2D eigenvalue weighted by Crippen LogP contribution is 2.19. The van der Waals surface area contributed by atoms with Gasteiger partial charge in [-0.25, -0.2) is 4.79 Å². The quantitative estimate of drug-likeness (QED) is 0.798. The topological polar surface area (TPSA) is 70.2 Å². The summed E-state index contributed by atoms with van der Waals surface area (Å²) in [5.74, 6) is -0.787.